The van der Waals surface area contributed by atoms with Crippen LogP contribution in [-0.4, -0.2) is 16.1 Å². The Kier molecular flexibility index (Phi) is 14.2. The molecule has 0 bridgehead atoms. The summed E-state index contributed by atoms with van der Waals surface area (Å²) in [5, 5.41) is 0. The maximum atomic E-state index is 13.9. The first-order chi connectivity index (χ1) is 16.2. The Morgan fingerprint density at radius 1 is 0.758 bits per heavy atom. The van der Waals surface area contributed by atoms with Crippen LogP contribution in [0.3, 0.4) is 0 Å². The number of halogens is 1. The zero-order valence-corrected chi connectivity index (χ0v) is 20.9. The molecule has 2 rings (SSSR count). The van der Waals surface area contributed by atoms with E-state index in [1.165, 1.54) is 69.8 Å². The Bertz CT molecular complexity index is 802. The molecule has 2 aromatic rings. The number of alkyl halides is 1. The number of rotatable bonds is 16. The van der Waals surface area contributed by atoms with E-state index in [-0.39, 0.29) is 0 Å². The molecule has 0 saturated carbocycles. The van der Waals surface area contributed by atoms with E-state index in [4.69, 9.17) is 0 Å². The molecule has 0 spiro atoms. The Morgan fingerprint density at radius 3 is 1.97 bits per heavy atom. The predicted octanol–water partition coefficient (Wildman–Crippen LogP) is 8.88. The van der Waals surface area contributed by atoms with Crippen LogP contribution < -0.4 is 0 Å². The van der Waals surface area contributed by atoms with Gasteiger partial charge >= 0.3 is 0 Å². The molecule has 0 aliphatic heterocycles. The minimum absolute atomic E-state index is 0.317. The van der Waals surface area contributed by atoms with Gasteiger partial charge in [0.25, 0.3) is 0 Å². The van der Waals surface area contributed by atoms with Gasteiger partial charge < -0.3 is 0 Å². The highest BCUT2D eigenvalue weighted by Crippen LogP contribution is 2.17. The molecule has 2 nitrogen and oxygen atoms in total. The highest BCUT2D eigenvalue weighted by molar-refractivity contribution is 5.56. The van der Waals surface area contributed by atoms with Gasteiger partial charge in [-0.05, 0) is 49.1 Å². The fourth-order valence-corrected chi connectivity index (χ4v) is 3.96. The summed E-state index contributed by atoms with van der Waals surface area (Å²) in [7, 11) is 0. The fourth-order valence-electron chi connectivity index (χ4n) is 3.96. The van der Waals surface area contributed by atoms with Gasteiger partial charge in [0.1, 0.15) is 6.17 Å². The second-order valence-corrected chi connectivity index (χ2v) is 9.17. The van der Waals surface area contributed by atoms with Gasteiger partial charge in [0.05, 0.1) is 0 Å². The molecule has 0 radical (unpaired) electrons. The Labute approximate surface area is 201 Å². The van der Waals surface area contributed by atoms with E-state index in [2.05, 4.69) is 35.7 Å². The van der Waals surface area contributed by atoms with Crippen LogP contribution in [0.15, 0.2) is 36.7 Å². The summed E-state index contributed by atoms with van der Waals surface area (Å²) in [5.74, 6) is 6.82. The highest BCUT2D eigenvalue weighted by Gasteiger charge is 2.04. The minimum atomic E-state index is -0.814. The number of aromatic nitrogens is 2. The van der Waals surface area contributed by atoms with Crippen molar-refractivity contribution in [3.63, 3.8) is 0 Å². The van der Waals surface area contributed by atoms with E-state index in [0.29, 0.717) is 12.8 Å². The molecular formula is C30H43FN2. The molecule has 3 heteroatoms. The largest absolute Gasteiger partial charge is 0.246 e. The number of aryl methyl sites for hydroxylation is 1. The molecule has 0 aliphatic rings. The van der Waals surface area contributed by atoms with E-state index in [1.54, 1.807) is 0 Å². The highest BCUT2D eigenvalue weighted by atomic mass is 19.1. The van der Waals surface area contributed by atoms with Crippen LogP contribution in [0.1, 0.15) is 115 Å². The zero-order chi connectivity index (χ0) is 23.6. The van der Waals surface area contributed by atoms with Gasteiger partial charge in [-0.15, -0.1) is 0 Å². The first-order valence-corrected chi connectivity index (χ1v) is 13.3. The third-order valence-corrected chi connectivity index (χ3v) is 6.09. The van der Waals surface area contributed by atoms with E-state index >= 15 is 0 Å². The van der Waals surface area contributed by atoms with Gasteiger partial charge in [-0.2, -0.15) is 0 Å². The van der Waals surface area contributed by atoms with Gasteiger partial charge in [0.15, 0.2) is 5.82 Å². The molecule has 1 aromatic heterocycles. The van der Waals surface area contributed by atoms with Crippen molar-refractivity contribution in [1.82, 2.24) is 9.97 Å². The van der Waals surface area contributed by atoms with E-state index in [1.807, 2.05) is 36.7 Å². The average molecular weight is 451 g/mol. The standard InChI is InChI=1S/C30H43FN2/c1-3-5-7-9-10-11-12-13-16-27-24-32-30(33-25-27)28-22-20-26(21-23-28)17-15-19-29(31)18-14-8-6-4-2/h20-25,29H,3-14,16,18-19H2,1-2H3/t29-/m0/s1. The van der Waals surface area contributed by atoms with Crippen LogP contribution in [0.5, 0.6) is 0 Å². The summed E-state index contributed by atoms with van der Waals surface area (Å²) >= 11 is 0. The van der Waals surface area contributed by atoms with Crippen molar-refractivity contribution in [1.29, 1.82) is 0 Å². The number of hydrogen-bond acceptors (Lipinski definition) is 2. The number of benzene rings is 1. The van der Waals surface area contributed by atoms with Crippen LogP contribution >= 0.6 is 0 Å². The zero-order valence-electron chi connectivity index (χ0n) is 20.9. The maximum absolute atomic E-state index is 13.9. The summed E-state index contributed by atoms with van der Waals surface area (Å²) in [6.07, 6.45) is 20.2. The summed E-state index contributed by atoms with van der Waals surface area (Å²) in [5.41, 5.74) is 3.10. The lowest BCUT2D eigenvalue weighted by molar-refractivity contribution is 0.310. The summed E-state index contributed by atoms with van der Waals surface area (Å²) in [4.78, 5) is 9.12. The Balaban J connectivity index is 1.70. The first-order valence-electron chi connectivity index (χ1n) is 13.3. The van der Waals surface area contributed by atoms with Gasteiger partial charge in [0, 0.05) is 29.9 Å². The van der Waals surface area contributed by atoms with Crippen molar-refractivity contribution in [2.24, 2.45) is 0 Å². The molecule has 180 valence electrons. The van der Waals surface area contributed by atoms with Gasteiger partial charge in [0.2, 0.25) is 0 Å². The lowest BCUT2D eigenvalue weighted by Gasteiger charge is -2.04. The van der Waals surface area contributed by atoms with Gasteiger partial charge in [-0.25, -0.2) is 14.4 Å². The third-order valence-electron chi connectivity index (χ3n) is 6.09. The van der Waals surface area contributed by atoms with Gasteiger partial charge in [-0.1, -0.05) is 96.3 Å². The molecule has 0 amide bonds. The van der Waals surface area contributed by atoms with Crippen LogP contribution in [0.25, 0.3) is 11.4 Å². The molecule has 1 heterocycles. The van der Waals surface area contributed by atoms with Crippen molar-refractivity contribution in [2.75, 3.05) is 0 Å². The molecule has 33 heavy (non-hydrogen) atoms. The van der Waals surface area contributed by atoms with Crippen molar-refractivity contribution in [3.8, 4) is 23.2 Å². The second kappa shape index (κ2) is 17.3. The van der Waals surface area contributed by atoms with E-state index in [0.717, 1.165) is 36.2 Å². The van der Waals surface area contributed by atoms with Crippen LogP contribution in [0.2, 0.25) is 0 Å². The monoisotopic (exact) mass is 450 g/mol. The van der Waals surface area contributed by atoms with Crippen molar-refractivity contribution in [3.05, 3.63) is 47.8 Å². The molecule has 0 saturated heterocycles. The van der Waals surface area contributed by atoms with E-state index in [9.17, 15) is 4.39 Å². The predicted molar refractivity (Wildman–Crippen MR) is 139 cm³/mol. The van der Waals surface area contributed by atoms with Crippen molar-refractivity contribution >= 4 is 0 Å². The smallest absolute Gasteiger partial charge is 0.159 e. The Hall–Kier alpha value is -2.21. The molecule has 1 aromatic carbocycles. The summed E-state index contributed by atoms with van der Waals surface area (Å²) in [6.45, 7) is 4.43. The fraction of sp³-hybridized carbons (Fsp3) is 0.600. The summed E-state index contributed by atoms with van der Waals surface area (Å²) in [6, 6.07) is 7.92. The quantitative estimate of drug-likeness (QED) is 0.188. The van der Waals surface area contributed by atoms with Crippen LogP contribution in [0, 0.1) is 11.8 Å². The molecule has 1 atom stereocenters. The van der Waals surface area contributed by atoms with Crippen molar-refractivity contribution < 1.29 is 4.39 Å². The lowest BCUT2D eigenvalue weighted by Crippen LogP contribution is -1.98. The Morgan fingerprint density at radius 2 is 1.33 bits per heavy atom. The number of nitrogens with zero attached hydrogens (tertiary/aromatic N) is 2. The number of hydrogen-bond donors (Lipinski definition) is 0. The molecule has 0 N–H and O–H groups in total. The minimum Gasteiger partial charge on any atom is -0.246 e. The third kappa shape index (κ3) is 12.0. The van der Waals surface area contributed by atoms with Crippen molar-refractivity contribution in [2.45, 2.75) is 116 Å². The topological polar surface area (TPSA) is 25.8 Å². The second-order valence-electron chi connectivity index (χ2n) is 9.17. The number of unbranched alkanes of at least 4 members (excludes halogenated alkanes) is 10. The first kappa shape index (κ1) is 27.0. The van der Waals surface area contributed by atoms with E-state index < -0.39 is 6.17 Å². The average Bonchev–Trinajstić information content (AvgIpc) is 2.84. The van der Waals surface area contributed by atoms with Crippen LogP contribution in [-0.2, 0) is 6.42 Å². The molecular weight excluding hydrogens is 407 g/mol. The maximum Gasteiger partial charge on any atom is 0.159 e. The van der Waals surface area contributed by atoms with Gasteiger partial charge in [-0.3, -0.25) is 0 Å². The summed E-state index contributed by atoms with van der Waals surface area (Å²) < 4.78 is 13.9. The lowest BCUT2D eigenvalue weighted by atomic mass is 10.1. The molecule has 0 aliphatic carbocycles. The SMILES string of the molecule is CCCCCCCCCCc1cnc(-c2ccc(C#CC[C@@H](F)CCCCCC)cc2)nc1. The molecule has 0 unspecified atom stereocenters. The normalized spacial score (nSPS) is 11.7. The molecule has 0 fully saturated rings. The van der Waals surface area contributed by atoms with Crippen LogP contribution in [0.4, 0.5) is 4.39 Å².